The van der Waals surface area contributed by atoms with Crippen molar-refractivity contribution in [1.82, 2.24) is 19.1 Å². The molecule has 0 aliphatic carbocycles. The number of aryl methyl sites for hydroxylation is 2. The summed E-state index contributed by atoms with van der Waals surface area (Å²) in [6, 6.07) is 1.13. The lowest BCUT2D eigenvalue weighted by molar-refractivity contribution is 0.0460. The standard InChI is InChI=1S/C16H19N5O6S2/c1-3-4-5-21-13-12(14(22)19-16(21)24)20(2)10(18-13)7-27-15(23)9-6-11(28-8-9)29(17,25)26/h6,8H,3-5,7H2,1-2H3,(H2,17,25,26)(H,19,22,24). The van der Waals surface area contributed by atoms with E-state index in [4.69, 9.17) is 9.88 Å². The minimum Gasteiger partial charge on any atom is -0.454 e. The number of sulfonamides is 1. The van der Waals surface area contributed by atoms with Gasteiger partial charge in [-0.2, -0.15) is 0 Å². The molecule has 0 aromatic carbocycles. The van der Waals surface area contributed by atoms with Crippen molar-refractivity contribution in [1.29, 1.82) is 0 Å². The second-order valence-corrected chi connectivity index (χ2v) is 9.00. The number of nitrogens with zero attached hydrogens (tertiary/aromatic N) is 3. The molecule has 0 bridgehead atoms. The average Bonchev–Trinajstić information content (AvgIpc) is 3.25. The number of hydrogen-bond acceptors (Lipinski definition) is 8. The van der Waals surface area contributed by atoms with Gasteiger partial charge in [-0.25, -0.2) is 28.1 Å². The molecule has 3 aromatic rings. The molecule has 0 atom stereocenters. The number of rotatable bonds is 7. The second kappa shape index (κ2) is 7.93. The van der Waals surface area contributed by atoms with E-state index in [2.05, 4.69) is 9.97 Å². The number of ether oxygens (including phenoxy) is 1. The van der Waals surface area contributed by atoms with Crippen molar-refractivity contribution in [3.8, 4) is 0 Å². The first-order valence-electron chi connectivity index (χ1n) is 8.60. The Kier molecular flexibility index (Phi) is 5.73. The van der Waals surface area contributed by atoms with E-state index in [9.17, 15) is 22.8 Å². The van der Waals surface area contributed by atoms with Crippen LogP contribution in [0.3, 0.4) is 0 Å². The van der Waals surface area contributed by atoms with E-state index in [1.165, 1.54) is 14.5 Å². The topological polar surface area (TPSA) is 159 Å². The summed E-state index contributed by atoms with van der Waals surface area (Å²) in [6.45, 7) is 2.10. The number of carbonyl (C=O) groups excluding carboxylic acids is 1. The van der Waals surface area contributed by atoms with Crippen LogP contribution in [0.1, 0.15) is 35.9 Å². The highest BCUT2D eigenvalue weighted by Crippen LogP contribution is 2.20. The van der Waals surface area contributed by atoms with Crippen molar-refractivity contribution < 1.29 is 17.9 Å². The highest BCUT2D eigenvalue weighted by Gasteiger charge is 2.19. The van der Waals surface area contributed by atoms with Gasteiger partial charge in [-0.3, -0.25) is 14.3 Å². The zero-order valence-corrected chi connectivity index (χ0v) is 17.3. The maximum absolute atomic E-state index is 12.2. The van der Waals surface area contributed by atoms with Crippen LogP contribution in [-0.2, 0) is 35.0 Å². The smallest absolute Gasteiger partial charge is 0.339 e. The number of unbranched alkanes of at least 4 members (excludes halogenated alkanes) is 1. The molecule has 3 heterocycles. The minimum absolute atomic E-state index is 0.0375. The van der Waals surface area contributed by atoms with Crippen LogP contribution in [0.4, 0.5) is 0 Å². The summed E-state index contributed by atoms with van der Waals surface area (Å²) in [5, 5.41) is 6.35. The second-order valence-electron chi connectivity index (χ2n) is 6.30. The number of primary sulfonamides is 1. The Morgan fingerprint density at radius 1 is 1.38 bits per heavy atom. The molecule has 3 rings (SSSR count). The van der Waals surface area contributed by atoms with Gasteiger partial charge in [-0.1, -0.05) is 13.3 Å². The quantitative estimate of drug-likeness (QED) is 0.498. The lowest BCUT2D eigenvalue weighted by Gasteiger charge is -2.04. The predicted octanol–water partition coefficient (Wildman–Crippen LogP) is 0.289. The molecule has 0 unspecified atom stereocenters. The van der Waals surface area contributed by atoms with Gasteiger partial charge in [-0.15, -0.1) is 11.3 Å². The van der Waals surface area contributed by atoms with Gasteiger partial charge in [0.2, 0.25) is 10.0 Å². The number of nitrogens with two attached hydrogens (primary N) is 1. The van der Waals surface area contributed by atoms with Gasteiger partial charge in [0.15, 0.2) is 11.2 Å². The summed E-state index contributed by atoms with van der Waals surface area (Å²) in [5.41, 5.74) is -0.686. The number of nitrogens with one attached hydrogen (secondary N) is 1. The molecule has 13 heteroatoms. The number of hydrogen-bond donors (Lipinski definition) is 2. The third-order valence-electron chi connectivity index (χ3n) is 4.26. The number of imidazole rings is 1. The fourth-order valence-corrected chi connectivity index (χ4v) is 4.30. The fraction of sp³-hybridized carbons (Fsp3) is 0.375. The van der Waals surface area contributed by atoms with Gasteiger partial charge >= 0.3 is 11.7 Å². The summed E-state index contributed by atoms with van der Waals surface area (Å²) in [5.74, 6) is -0.503. The van der Waals surface area contributed by atoms with Gasteiger partial charge in [0.05, 0.1) is 5.56 Å². The maximum Gasteiger partial charge on any atom is 0.339 e. The summed E-state index contributed by atoms with van der Waals surface area (Å²) in [7, 11) is -2.33. The SMILES string of the molecule is CCCCn1c(=O)[nH]c(=O)c2c1nc(COC(=O)c1csc(S(N)(=O)=O)c1)n2C. The van der Waals surface area contributed by atoms with Crippen molar-refractivity contribution in [2.24, 2.45) is 12.2 Å². The predicted molar refractivity (Wildman–Crippen MR) is 105 cm³/mol. The molecule has 3 N–H and O–H groups in total. The number of esters is 1. The molecular formula is C16H19N5O6S2. The summed E-state index contributed by atoms with van der Waals surface area (Å²) in [4.78, 5) is 43.1. The van der Waals surface area contributed by atoms with E-state index >= 15 is 0 Å². The van der Waals surface area contributed by atoms with E-state index in [1.54, 1.807) is 7.05 Å². The molecule has 0 spiro atoms. The van der Waals surface area contributed by atoms with Gasteiger partial charge in [0.25, 0.3) is 5.56 Å². The Morgan fingerprint density at radius 3 is 2.72 bits per heavy atom. The molecule has 0 aliphatic heterocycles. The van der Waals surface area contributed by atoms with Crippen LogP contribution >= 0.6 is 11.3 Å². The Hall–Kier alpha value is -2.77. The molecule has 0 saturated heterocycles. The number of fused-ring (bicyclic) bond motifs is 1. The number of aromatic amines is 1. The molecule has 156 valence electrons. The largest absolute Gasteiger partial charge is 0.454 e. The molecule has 0 saturated carbocycles. The zero-order valence-electron chi connectivity index (χ0n) is 15.7. The highest BCUT2D eigenvalue weighted by molar-refractivity contribution is 7.91. The van der Waals surface area contributed by atoms with Crippen LogP contribution in [0.5, 0.6) is 0 Å². The Bertz CT molecular complexity index is 1300. The molecular weight excluding hydrogens is 422 g/mol. The maximum atomic E-state index is 12.2. The first kappa shape index (κ1) is 21.0. The van der Waals surface area contributed by atoms with Crippen LogP contribution in [0.2, 0.25) is 0 Å². The van der Waals surface area contributed by atoms with E-state index in [1.807, 2.05) is 6.92 Å². The molecule has 0 aliphatic rings. The summed E-state index contributed by atoms with van der Waals surface area (Å²) in [6.07, 6.45) is 1.58. The Labute approximate surface area is 168 Å². The first-order chi connectivity index (χ1) is 13.6. The van der Waals surface area contributed by atoms with E-state index in [0.717, 1.165) is 30.2 Å². The molecule has 11 nitrogen and oxygen atoms in total. The van der Waals surface area contributed by atoms with Crippen molar-refractivity contribution in [3.05, 3.63) is 43.7 Å². The van der Waals surface area contributed by atoms with Gasteiger partial charge in [-0.05, 0) is 12.5 Å². The Balaban J connectivity index is 1.89. The molecule has 29 heavy (non-hydrogen) atoms. The molecule has 0 radical (unpaired) electrons. The van der Waals surface area contributed by atoms with Crippen molar-refractivity contribution >= 4 is 38.5 Å². The fourth-order valence-electron chi connectivity index (χ4n) is 2.73. The third-order valence-corrected chi connectivity index (χ3v) is 6.65. The van der Waals surface area contributed by atoms with Crippen molar-refractivity contribution in [2.45, 2.75) is 37.1 Å². The molecule has 0 fully saturated rings. The van der Waals surface area contributed by atoms with Crippen LogP contribution in [0.15, 0.2) is 25.2 Å². The number of aromatic nitrogens is 4. The molecule has 3 aromatic heterocycles. The minimum atomic E-state index is -3.90. The van der Waals surface area contributed by atoms with Crippen molar-refractivity contribution in [3.63, 3.8) is 0 Å². The van der Waals surface area contributed by atoms with E-state index < -0.39 is 27.2 Å². The summed E-state index contributed by atoms with van der Waals surface area (Å²) < 4.78 is 30.5. The van der Waals surface area contributed by atoms with E-state index in [0.29, 0.717) is 6.54 Å². The van der Waals surface area contributed by atoms with Crippen LogP contribution < -0.4 is 16.4 Å². The van der Waals surface area contributed by atoms with Crippen LogP contribution in [-0.4, -0.2) is 33.5 Å². The number of H-pyrrole nitrogens is 1. The highest BCUT2D eigenvalue weighted by atomic mass is 32.2. The average molecular weight is 441 g/mol. The lowest BCUT2D eigenvalue weighted by atomic mass is 10.3. The first-order valence-corrected chi connectivity index (χ1v) is 11.0. The lowest BCUT2D eigenvalue weighted by Crippen LogP contribution is -2.31. The Morgan fingerprint density at radius 2 is 2.10 bits per heavy atom. The third kappa shape index (κ3) is 4.16. The molecule has 0 amide bonds. The number of thiophene rings is 1. The monoisotopic (exact) mass is 441 g/mol. The van der Waals surface area contributed by atoms with Gasteiger partial charge in [0.1, 0.15) is 16.6 Å². The normalized spacial score (nSPS) is 11.8. The number of carbonyl (C=O) groups is 1. The summed E-state index contributed by atoms with van der Waals surface area (Å²) >= 11 is 0.808. The van der Waals surface area contributed by atoms with Gasteiger partial charge < -0.3 is 9.30 Å². The van der Waals surface area contributed by atoms with E-state index in [-0.39, 0.29) is 33.4 Å². The zero-order chi connectivity index (χ0) is 21.3. The van der Waals surface area contributed by atoms with Crippen LogP contribution in [0, 0.1) is 0 Å². The van der Waals surface area contributed by atoms with Crippen LogP contribution in [0.25, 0.3) is 11.2 Å². The van der Waals surface area contributed by atoms with Crippen molar-refractivity contribution in [2.75, 3.05) is 0 Å². The van der Waals surface area contributed by atoms with Gasteiger partial charge in [0, 0.05) is 19.0 Å².